The molecular weight excluding hydrogens is 132 g/mol. The largest absolute Gasteiger partial charge is 0.499 e. The smallest absolute Gasteiger partial charge is 0.463 e. The van der Waals surface area contributed by atoms with Crippen LogP contribution >= 0.6 is 0 Å². The van der Waals surface area contributed by atoms with Gasteiger partial charge in [0.1, 0.15) is 0 Å². The highest BCUT2D eigenvalue weighted by Gasteiger charge is 2.06. The molecule has 0 aliphatic heterocycles. The predicted molar refractivity (Wildman–Crippen MR) is 33.9 cm³/mol. The van der Waals surface area contributed by atoms with E-state index in [1.54, 1.807) is 19.4 Å². The summed E-state index contributed by atoms with van der Waals surface area (Å²) in [5.41, 5.74) is 0. The molecule has 4 heteroatoms. The van der Waals surface area contributed by atoms with Crippen LogP contribution in [0.5, 0.6) is 11.9 Å². The lowest BCUT2D eigenvalue weighted by Gasteiger charge is -1.90. The first-order chi connectivity index (χ1) is 4.86. The van der Waals surface area contributed by atoms with Gasteiger partial charge in [-0.25, -0.2) is 4.98 Å². The minimum atomic E-state index is 0.444. The molecule has 54 valence electrons. The second-order valence-corrected chi connectivity index (χ2v) is 1.64. The molecule has 0 fully saturated rings. The number of hydrogen-bond acceptors (Lipinski definition) is 3. The zero-order valence-electron chi connectivity index (χ0n) is 5.92. The van der Waals surface area contributed by atoms with Crippen molar-refractivity contribution in [3.63, 3.8) is 0 Å². The molecule has 0 aliphatic rings. The zero-order valence-corrected chi connectivity index (χ0v) is 5.92. The molecule has 0 aromatic carbocycles. The lowest BCUT2D eigenvalue weighted by molar-refractivity contribution is -0.398. The van der Waals surface area contributed by atoms with Crippen LogP contribution < -0.4 is 14.5 Å². The zero-order chi connectivity index (χ0) is 7.40. The monoisotopic (exact) mass is 141 g/mol. The Bertz CT molecular complexity index is 195. The second kappa shape index (κ2) is 3.00. The Hall–Kier alpha value is -1.32. The molecule has 1 aromatic rings. The maximum atomic E-state index is 4.85. The van der Waals surface area contributed by atoms with Crippen molar-refractivity contribution in [1.29, 1.82) is 0 Å². The van der Waals surface area contributed by atoms with E-state index in [0.29, 0.717) is 11.9 Å². The van der Waals surface area contributed by atoms with Gasteiger partial charge < -0.3 is 9.47 Å². The molecule has 4 nitrogen and oxygen atoms in total. The quantitative estimate of drug-likeness (QED) is 0.578. The SMILES string of the molecule is COc1cc[nH+]c(OC)n1. The van der Waals surface area contributed by atoms with Gasteiger partial charge >= 0.3 is 11.9 Å². The highest BCUT2D eigenvalue weighted by atomic mass is 16.5. The van der Waals surface area contributed by atoms with Gasteiger partial charge in [-0.1, -0.05) is 0 Å². The number of nitrogens with one attached hydrogen (secondary N) is 1. The molecule has 0 amide bonds. The van der Waals surface area contributed by atoms with Crippen LogP contribution in [0.4, 0.5) is 0 Å². The second-order valence-electron chi connectivity index (χ2n) is 1.64. The fourth-order valence-electron chi connectivity index (χ4n) is 0.572. The molecule has 1 N–H and O–H groups in total. The maximum Gasteiger partial charge on any atom is 0.499 e. The van der Waals surface area contributed by atoms with E-state index in [-0.39, 0.29) is 0 Å². The summed E-state index contributed by atoms with van der Waals surface area (Å²) in [6.07, 6.45) is 1.70. The first kappa shape index (κ1) is 6.80. The van der Waals surface area contributed by atoms with Crippen molar-refractivity contribution in [2.24, 2.45) is 0 Å². The average molecular weight is 141 g/mol. The van der Waals surface area contributed by atoms with Crippen molar-refractivity contribution < 1.29 is 14.5 Å². The van der Waals surface area contributed by atoms with Crippen LogP contribution in [-0.2, 0) is 0 Å². The standard InChI is InChI=1S/C6H8N2O2/c1-9-5-3-4-7-6(8-5)10-2/h3-4H,1-2H3/p+1. The molecule has 1 aromatic heterocycles. The van der Waals surface area contributed by atoms with Crippen molar-refractivity contribution in [2.75, 3.05) is 14.2 Å². The molecule has 0 atom stereocenters. The normalized spacial score (nSPS) is 9.00. The van der Waals surface area contributed by atoms with Crippen LogP contribution in [0.2, 0.25) is 0 Å². The van der Waals surface area contributed by atoms with Crippen molar-refractivity contribution in [3.8, 4) is 11.9 Å². The van der Waals surface area contributed by atoms with Gasteiger partial charge in [0.25, 0.3) is 0 Å². The maximum absolute atomic E-state index is 4.85. The number of hydrogen-bond donors (Lipinski definition) is 0. The lowest BCUT2D eigenvalue weighted by atomic mass is 10.6. The number of methoxy groups -OCH3 is 2. The summed E-state index contributed by atoms with van der Waals surface area (Å²) in [6.45, 7) is 0. The van der Waals surface area contributed by atoms with E-state index >= 15 is 0 Å². The number of H-pyrrole nitrogens is 1. The van der Waals surface area contributed by atoms with Gasteiger partial charge in [0.15, 0.2) is 0 Å². The topological polar surface area (TPSA) is 45.5 Å². The van der Waals surface area contributed by atoms with Gasteiger partial charge in [0.05, 0.1) is 26.5 Å². The minimum Gasteiger partial charge on any atom is -0.463 e. The Labute approximate surface area is 58.8 Å². The van der Waals surface area contributed by atoms with E-state index in [0.717, 1.165) is 0 Å². The average Bonchev–Trinajstić information content (AvgIpc) is 2.05. The summed E-state index contributed by atoms with van der Waals surface area (Å²) in [5, 5.41) is 0. The molecular formula is C6H9N2O2+. The Balaban J connectivity index is 2.87. The summed E-state index contributed by atoms with van der Waals surface area (Å²) < 4.78 is 9.66. The van der Waals surface area contributed by atoms with E-state index < -0.39 is 0 Å². The Morgan fingerprint density at radius 1 is 1.40 bits per heavy atom. The number of ether oxygens (including phenoxy) is 2. The van der Waals surface area contributed by atoms with Crippen LogP contribution in [0.15, 0.2) is 12.3 Å². The molecule has 10 heavy (non-hydrogen) atoms. The molecule has 1 heterocycles. The minimum absolute atomic E-state index is 0.444. The number of aromatic amines is 1. The summed E-state index contributed by atoms with van der Waals surface area (Å²) in [5.74, 6) is 0.538. The molecule has 0 saturated carbocycles. The molecule has 0 radical (unpaired) electrons. The molecule has 0 aliphatic carbocycles. The van der Waals surface area contributed by atoms with E-state index in [2.05, 4.69) is 9.97 Å². The summed E-state index contributed by atoms with van der Waals surface area (Å²) in [4.78, 5) is 6.69. The Morgan fingerprint density at radius 3 is 2.80 bits per heavy atom. The Kier molecular flexibility index (Phi) is 2.04. The van der Waals surface area contributed by atoms with Crippen LogP contribution in [-0.4, -0.2) is 19.2 Å². The predicted octanol–water partition coefficient (Wildman–Crippen LogP) is -0.0871. The summed E-state index contributed by atoms with van der Waals surface area (Å²) in [6, 6.07) is 2.15. The van der Waals surface area contributed by atoms with Gasteiger partial charge in [-0.05, 0) is 0 Å². The molecule has 0 spiro atoms. The van der Waals surface area contributed by atoms with Gasteiger partial charge in [0, 0.05) is 4.98 Å². The van der Waals surface area contributed by atoms with Crippen molar-refractivity contribution in [3.05, 3.63) is 12.3 Å². The van der Waals surface area contributed by atoms with Crippen LogP contribution in [0, 0.1) is 0 Å². The fraction of sp³-hybridized carbons (Fsp3) is 0.333. The Morgan fingerprint density at radius 2 is 2.20 bits per heavy atom. The molecule has 0 unspecified atom stereocenters. The van der Waals surface area contributed by atoms with Gasteiger partial charge in [0.2, 0.25) is 0 Å². The fourth-order valence-corrected chi connectivity index (χ4v) is 0.572. The first-order valence-electron chi connectivity index (χ1n) is 2.83. The third-order valence-corrected chi connectivity index (χ3v) is 1.05. The molecule has 0 saturated heterocycles. The van der Waals surface area contributed by atoms with Crippen LogP contribution in [0.3, 0.4) is 0 Å². The van der Waals surface area contributed by atoms with Gasteiger partial charge in [-0.15, -0.1) is 0 Å². The van der Waals surface area contributed by atoms with E-state index in [9.17, 15) is 0 Å². The van der Waals surface area contributed by atoms with E-state index in [1.807, 2.05) is 0 Å². The van der Waals surface area contributed by atoms with Gasteiger partial charge in [-0.2, -0.15) is 0 Å². The van der Waals surface area contributed by atoms with Gasteiger partial charge in [-0.3, -0.25) is 0 Å². The van der Waals surface area contributed by atoms with Crippen molar-refractivity contribution in [1.82, 2.24) is 4.98 Å². The molecule has 0 bridgehead atoms. The molecule has 1 rings (SSSR count). The van der Waals surface area contributed by atoms with Crippen LogP contribution in [0.1, 0.15) is 0 Å². The van der Waals surface area contributed by atoms with Crippen LogP contribution in [0.25, 0.3) is 0 Å². The number of rotatable bonds is 2. The van der Waals surface area contributed by atoms with E-state index in [4.69, 9.17) is 9.47 Å². The lowest BCUT2D eigenvalue weighted by Crippen LogP contribution is -2.08. The highest BCUT2D eigenvalue weighted by molar-refractivity contribution is 5.05. The third kappa shape index (κ3) is 1.34. The van der Waals surface area contributed by atoms with Crippen molar-refractivity contribution >= 4 is 0 Å². The summed E-state index contributed by atoms with van der Waals surface area (Å²) in [7, 11) is 3.10. The van der Waals surface area contributed by atoms with E-state index in [1.165, 1.54) is 7.11 Å². The van der Waals surface area contributed by atoms with Crippen molar-refractivity contribution in [2.45, 2.75) is 0 Å². The number of nitrogens with zero attached hydrogens (tertiary/aromatic N) is 1. The first-order valence-corrected chi connectivity index (χ1v) is 2.83. The highest BCUT2D eigenvalue weighted by Crippen LogP contribution is 2.04. The number of aromatic nitrogens is 2. The summed E-state index contributed by atoms with van der Waals surface area (Å²) >= 11 is 0. The third-order valence-electron chi connectivity index (χ3n) is 1.05.